The molecule has 2 atom stereocenters. The second-order valence-electron chi connectivity index (χ2n) is 4.26. The lowest BCUT2D eigenvalue weighted by Gasteiger charge is -2.27. The smallest absolute Gasteiger partial charge is 0.329 e. The number of aliphatic carboxylic acids is 1. The van der Waals surface area contributed by atoms with Crippen molar-refractivity contribution in [2.45, 2.75) is 44.7 Å². The summed E-state index contributed by atoms with van der Waals surface area (Å²) in [5, 5.41) is 11.6. The molecule has 0 heterocycles. The zero-order valence-corrected chi connectivity index (χ0v) is 11.5. The van der Waals surface area contributed by atoms with Crippen molar-refractivity contribution in [3.8, 4) is 0 Å². The van der Waals surface area contributed by atoms with Crippen LogP contribution in [0.2, 0.25) is 0 Å². The van der Waals surface area contributed by atoms with E-state index in [1.807, 2.05) is 13.2 Å². The average Bonchev–Trinajstić information content (AvgIpc) is 2.25. The van der Waals surface area contributed by atoms with Crippen LogP contribution in [0, 0.1) is 0 Å². The number of amides is 1. The van der Waals surface area contributed by atoms with Crippen molar-refractivity contribution in [3.63, 3.8) is 0 Å². The number of carboxylic acids is 1. The number of carbonyl (C=O) groups is 2. The van der Waals surface area contributed by atoms with Gasteiger partial charge in [0, 0.05) is 0 Å². The van der Waals surface area contributed by atoms with E-state index < -0.39 is 23.5 Å². The minimum Gasteiger partial charge on any atom is -0.480 e. The van der Waals surface area contributed by atoms with Crippen molar-refractivity contribution in [3.05, 3.63) is 0 Å². The Bertz CT molecular complexity index is 273. The van der Waals surface area contributed by atoms with Gasteiger partial charge in [0.2, 0.25) is 5.91 Å². The molecule has 17 heavy (non-hydrogen) atoms. The van der Waals surface area contributed by atoms with Gasteiger partial charge in [-0.2, -0.15) is 11.8 Å². The lowest BCUT2D eigenvalue weighted by atomic mass is 9.95. The molecule has 0 aliphatic rings. The van der Waals surface area contributed by atoms with Gasteiger partial charge in [-0.3, -0.25) is 4.79 Å². The van der Waals surface area contributed by atoms with Crippen molar-refractivity contribution in [1.82, 2.24) is 5.32 Å². The van der Waals surface area contributed by atoms with E-state index in [-0.39, 0.29) is 0 Å². The largest absolute Gasteiger partial charge is 0.480 e. The van der Waals surface area contributed by atoms with E-state index >= 15 is 0 Å². The first-order valence-electron chi connectivity index (χ1n) is 5.67. The molecule has 0 aliphatic carbocycles. The predicted molar refractivity (Wildman–Crippen MR) is 70.1 cm³/mol. The van der Waals surface area contributed by atoms with Crippen LogP contribution in [0.1, 0.15) is 33.1 Å². The lowest BCUT2D eigenvalue weighted by molar-refractivity contribution is -0.147. The number of thioether (sulfide) groups is 1. The zero-order valence-electron chi connectivity index (χ0n) is 10.7. The second kappa shape index (κ2) is 7.55. The van der Waals surface area contributed by atoms with Gasteiger partial charge in [-0.25, -0.2) is 4.79 Å². The number of carboxylic acid groups (broad SMARTS) is 1. The summed E-state index contributed by atoms with van der Waals surface area (Å²) in [6.07, 6.45) is 3.56. The van der Waals surface area contributed by atoms with Gasteiger partial charge in [0.15, 0.2) is 0 Å². The number of nitrogens with one attached hydrogen (secondary N) is 1. The Kier molecular flexibility index (Phi) is 7.22. The molecule has 1 amide bonds. The number of nitrogens with two attached hydrogens (primary N) is 1. The van der Waals surface area contributed by atoms with Crippen molar-refractivity contribution < 1.29 is 14.7 Å². The van der Waals surface area contributed by atoms with Gasteiger partial charge in [-0.1, -0.05) is 13.3 Å². The van der Waals surface area contributed by atoms with E-state index in [0.29, 0.717) is 19.3 Å². The Morgan fingerprint density at radius 1 is 1.53 bits per heavy atom. The molecule has 1 unspecified atom stereocenters. The van der Waals surface area contributed by atoms with E-state index in [9.17, 15) is 9.59 Å². The van der Waals surface area contributed by atoms with Crippen LogP contribution in [0.25, 0.3) is 0 Å². The molecule has 0 fully saturated rings. The maximum Gasteiger partial charge on any atom is 0.329 e. The summed E-state index contributed by atoms with van der Waals surface area (Å²) in [5.74, 6) is -0.631. The molecule has 0 saturated heterocycles. The minimum absolute atomic E-state index is 0.391. The lowest BCUT2D eigenvalue weighted by Crippen LogP contribution is -2.56. The summed E-state index contributed by atoms with van der Waals surface area (Å²) in [6, 6.07) is -0.641. The maximum atomic E-state index is 11.7. The molecule has 0 aromatic heterocycles. The minimum atomic E-state index is -1.22. The van der Waals surface area contributed by atoms with Crippen molar-refractivity contribution in [2.75, 3.05) is 12.0 Å². The van der Waals surface area contributed by atoms with Gasteiger partial charge in [-0.05, 0) is 31.8 Å². The molecule has 100 valence electrons. The monoisotopic (exact) mass is 262 g/mol. The topological polar surface area (TPSA) is 92.4 Å². The normalized spacial score (nSPS) is 16.0. The Balaban J connectivity index is 4.45. The molecule has 0 rings (SSSR count). The standard InChI is InChI=1S/C11H22N2O3S/c1-4-6-11(2,10(15)16)13-9(14)8(12)5-7-17-3/h8H,4-7,12H2,1-3H3,(H,13,14)(H,15,16)/t8-,11?/m0/s1. The highest BCUT2D eigenvalue weighted by molar-refractivity contribution is 7.98. The fourth-order valence-electron chi connectivity index (χ4n) is 1.46. The molecule has 0 radical (unpaired) electrons. The van der Waals surface area contributed by atoms with Gasteiger partial charge in [0.05, 0.1) is 6.04 Å². The van der Waals surface area contributed by atoms with Crippen molar-refractivity contribution in [2.24, 2.45) is 5.73 Å². The van der Waals surface area contributed by atoms with E-state index in [1.165, 1.54) is 6.92 Å². The van der Waals surface area contributed by atoms with Gasteiger partial charge < -0.3 is 16.2 Å². The van der Waals surface area contributed by atoms with E-state index in [2.05, 4.69) is 5.32 Å². The van der Waals surface area contributed by atoms with E-state index in [1.54, 1.807) is 11.8 Å². The maximum absolute atomic E-state index is 11.7. The van der Waals surface area contributed by atoms with E-state index in [0.717, 1.165) is 5.75 Å². The van der Waals surface area contributed by atoms with Crippen LogP contribution in [0.5, 0.6) is 0 Å². The van der Waals surface area contributed by atoms with Crippen LogP contribution in [0.15, 0.2) is 0 Å². The molecular weight excluding hydrogens is 240 g/mol. The van der Waals surface area contributed by atoms with Gasteiger partial charge in [0.25, 0.3) is 0 Å². The average molecular weight is 262 g/mol. The van der Waals surface area contributed by atoms with Crippen molar-refractivity contribution in [1.29, 1.82) is 0 Å². The summed E-state index contributed by atoms with van der Waals surface area (Å²) in [6.45, 7) is 3.39. The Morgan fingerprint density at radius 2 is 2.12 bits per heavy atom. The molecule has 5 nitrogen and oxygen atoms in total. The third-order valence-electron chi connectivity index (χ3n) is 2.59. The van der Waals surface area contributed by atoms with Crippen LogP contribution in [0.4, 0.5) is 0 Å². The molecule has 6 heteroatoms. The van der Waals surface area contributed by atoms with Gasteiger partial charge in [-0.15, -0.1) is 0 Å². The van der Waals surface area contributed by atoms with Crippen LogP contribution < -0.4 is 11.1 Å². The van der Waals surface area contributed by atoms with Crippen LogP contribution in [-0.2, 0) is 9.59 Å². The van der Waals surface area contributed by atoms with Gasteiger partial charge >= 0.3 is 5.97 Å². The molecular formula is C11H22N2O3S. The number of carbonyl (C=O) groups excluding carboxylic acids is 1. The first-order valence-corrected chi connectivity index (χ1v) is 7.06. The molecule has 0 spiro atoms. The summed E-state index contributed by atoms with van der Waals surface area (Å²) in [4.78, 5) is 22.9. The Hall–Kier alpha value is -0.750. The number of hydrogen-bond acceptors (Lipinski definition) is 4. The second-order valence-corrected chi connectivity index (χ2v) is 5.25. The summed E-state index contributed by atoms with van der Waals surface area (Å²) >= 11 is 1.61. The fraction of sp³-hybridized carbons (Fsp3) is 0.818. The van der Waals surface area contributed by atoms with E-state index in [4.69, 9.17) is 10.8 Å². The highest BCUT2D eigenvalue weighted by Gasteiger charge is 2.34. The van der Waals surface area contributed by atoms with Crippen LogP contribution >= 0.6 is 11.8 Å². The molecule has 0 bridgehead atoms. The molecule has 4 N–H and O–H groups in total. The highest BCUT2D eigenvalue weighted by atomic mass is 32.2. The van der Waals surface area contributed by atoms with Crippen molar-refractivity contribution >= 4 is 23.6 Å². The summed E-state index contributed by atoms with van der Waals surface area (Å²) in [5.41, 5.74) is 4.47. The molecule has 0 saturated carbocycles. The number of hydrogen-bond donors (Lipinski definition) is 3. The van der Waals surface area contributed by atoms with Gasteiger partial charge in [0.1, 0.15) is 5.54 Å². The zero-order chi connectivity index (χ0) is 13.5. The fourth-order valence-corrected chi connectivity index (χ4v) is 1.95. The molecule has 0 aromatic rings. The third kappa shape index (κ3) is 5.41. The Labute approximate surface area is 107 Å². The first-order chi connectivity index (χ1) is 7.87. The third-order valence-corrected chi connectivity index (χ3v) is 3.23. The molecule has 0 aliphatic heterocycles. The SMILES string of the molecule is CCCC(C)(NC(=O)[C@@H](N)CCSC)C(=O)O. The van der Waals surface area contributed by atoms with Crippen LogP contribution in [0.3, 0.4) is 0 Å². The first kappa shape index (κ1) is 16.2. The summed E-state index contributed by atoms with van der Waals surface area (Å²) < 4.78 is 0. The quantitative estimate of drug-likeness (QED) is 0.602. The summed E-state index contributed by atoms with van der Waals surface area (Å²) in [7, 11) is 0. The highest BCUT2D eigenvalue weighted by Crippen LogP contribution is 2.13. The Morgan fingerprint density at radius 3 is 2.53 bits per heavy atom. The number of rotatable bonds is 8. The molecule has 0 aromatic carbocycles. The predicted octanol–water partition coefficient (Wildman–Crippen LogP) is 0.826. The van der Waals surface area contributed by atoms with Crippen LogP contribution in [-0.4, -0.2) is 40.6 Å².